The Bertz CT molecular complexity index is 1400. The number of nitrogens with zero attached hydrogens (tertiary/aromatic N) is 2. The van der Waals surface area contributed by atoms with E-state index in [1.807, 2.05) is 0 Å². The average molecular weight is 582 g/mol. The van der Waals surface area contributed by atoms with Gasteiger partial charge >= 0.3 is 6.18 Å². The zero-order chi connectivity index (χ0) is 28.8. The lowest BCUT2D eigenvalue weighted by atomic mass is 10.1. The minimum Gasteiger partial charge on any atom is -0.357 e. The van der Waals surface area contributed by atoms with Crippen molar-refractivity contribution in [2.45, 2.75) is 37.0 Å². The van der Waals surface area contributed by atoms with Crippen molar-refractivity contribution in [3.05, 3.63) is 95.0 Å². The fraction of sp³-hybridized carbons (Fsp3) is 0.259. The first-order valence-electron chi connectivity index (χ1n) is 11.9. The molecule has 0 aliphatic heterocycles. The van der Waals surface area contributed by atoms with Gasteiger partial charge in [-0.1, -0.05) is 67.1 Å². The molecule has 0 spiro atoms. The highest BCUT2D eigenvalue weighted by Crippen LogP contribution is 2.37. The summed E-state index contributed by atoms with van der Waals surface area (Å²) in [5.41, 5.74) is -0.986. The average Bonchev–Trinajstić information content (AvgIpc) is 2.92. The van der Waals surface area contributed by atoms with Gasteiger partial charge in [0.05, 0.1) is 21.2 Å². The standard InChI is InChI=1S/C27H27ClF3N3O4S/c1-3-23(26(36)32-2)33(17-19-10-6-4-7-11-19)25(35)18-34(39(37,38)21-12-8-5-9-13-21)24-16-20(27(29,30)31)14-15-22(24)28/h4-16,23H,3,17-18H2,1-2H3,(H,32,36). The fourth-order valence-electron chi connectivity index (χ4n) is 3.98. The van der Waals surface area contributed by atoms with Gasteiger partial charge in [0.25, 0.3) is 10.0 Å². The topological polar surface area (TPSA) is 86.8 Å². The van der Waals surface area contributed by atoms with E-state index in [4.69, 9.17) is 11.6 Å². The third-order valence-corrected chi connectivity index (χ3v) is 8.07. The van der Waals surface area contributed by atoms with Crippen LogP contribution in [0, 0.1) is 0 Å². The van der Waals surface area contributed by atoms with E-state index in [9.17, 15) is 31.2 Å². The summed E-state index contributed by atoms with van der Waals surface area (Å²) in [7, 11) is -3.16. The Kier molecular flexibility index (Phi) is 9.63. The largest absolute Gasteiger partial charge is 0.416 e. The molecule has 0 aliphatic carbocycles. The van der Waals surface area contributed by atoms with Crippen molar-refractivity contribution >= 4 is 39.1 Å². The van der Waals surface area contributed by atoms with Crippen LogP contribution >= 0.6 is 11.6 Å². The minimum atomic E-state index is -4.79. The Hall–Kier alpha value is -3.57. The second-order valence-corrected chi connectivity index (χ2v) is 10.8. The molecule has 1 unspecified atom stereocenters. The monoisotopic (exact) mass is 581 g/mol. The van der Waals surface area contributed by atoms with Crippen molar-refractivity contribution < 1.29 is 31.2 Å². The molecule has 0 bridgehead atoms. The molecular weight excluding hydrogens is 555 g/mol. The maximum absolute atomic E-state index is 13.8. The van der Waals surface area contributed by atoms with Gasteiger partial charge in [0.15, 0.2) is 0 Å². The molecule has 208 valence electrons. The molecule has 1 atom stereocenters. The molecule has 12 heteroatoms. The number of sulfonamides is 1. The summed E-state index contributed by atoms with van der Waals surface area (Å²) < 4.78 is 68.7. The van der Waals surface area contributed by atoms with E-state index in [1.54, 1.807) is 43.3 Å². The van der Waals surface area contributed by atoms with Gasteiger partial charge in [-0.3, -0.25) is 13.9 Å². The van der Waals surface area contributed by atoms with E-state index >= 15 is 0 Å². The Balaban J connectivity index is 2.15. The van der Waals surface area contributed by atoms with Crippen molar-refractivity contribution in [3.63, 3.8) is 0 Å². The zero-order valence-corrected chi connectivity index (χ0v) is 22.7. The van der Waals surface area contributed by atoms with E-state index in [1.165, 1.54) is 36.2 Å². The van der Waals surface area contributed by atoms with Crippen molar-refractivity contribution in [2.24, 2.45) is 0 Å². The van der Waals surface area contributed by atoms with Crippen molar-refractivity contribution in [1.29, 1.82) is 0 Å². The summed E-state index contributed by atoms with van der Waals surface area (Å²) in [4.78, 5) is 27.4. The van der Waals surface area contributed by atoms with Gasteiger partial charge in [0, 0.05) is 13.6 Å². The number of nitrogens with one attached hydrogen (secondary N) is 1. The van der Waals surface area contributed by atoms with Crippen molar-refractivity contribution in [3.8, 4) is 0 Å². The molecule has 1 N–H and O–H groups in total. The Morgan fingerprint density at radius 1 is 0.974 bits per heavy atom. The van der Waals surface area contributed by atoms with Gasteiger partial charge in [0.2, 0.25) is 11.8 Å². The first-order chi connectivity index (χ1) is 18.4. The summed E-state index contributed by atoms with van der Waals surface area (Å²) in [6.45, 7) is 0.743. The number of likely N-dealkylation sites (N-methyl/N-ethyl adjacent to an activating group) is 1. The van der Waals surface area contributed by atoms with Gasteiger partial charge in [0.1, 0.15) is 12.6 Å². The molecule has 3 aromatic rings. The number of anilines is 1. The Morgan fingerprint density at radius 2 is 1.56 bits per heavy atom. The van der Waals surface area contributed by atoms with Gasteiger partial charge in [-0.2, -0.15) is 13.2 Å². The molecular formula is C27H27ClF3N3O4S. The number of rotatable bonds is 10. The highest BCUT2D eigenvalue weighted by Gasteiger charge is 2.36. The highest BCUT2D eigenvalue weighted by molar-refractivity contribution is 7.92. The maximum Gasteiger partial charge on any atom is 0.416 e. The third-order valence-electron chi connectivity index (χ3n) is 5.98. The molecule has 2 amide bonds. The summed E-state index contributed by atoms with van der Waals surface area (Å²) in [5.74, 6) is -1.28. The van der Waals surface area contributed by atoms with Crippen LogP contribution in [0.15, 0.2) is 83.8 Å². The lowest BCUT2D eigenvalue weighted by Gasteiger charge is -2.33. The van der Waals surface area contributed by atoms with Crippen LogP contribution in [-0.2, 0) is 32.3 Å². The van der Waals surface area contributed by atoms with E-state index in [2.05, 4.69) is 5.32 Å². The lowest BCUT2D eigenvalue weighted by molar-refractivity contribution is -0.140. The molecule has 0 saturated heterocycles. The number of carbonyl (C=O) groups excluding carboxylic acids is 2. The molecule has 0 heterocycles. The van der Waals surface area contributed by atoms with Crippen LogP contribution in [0.2, 0.25) is 5.02 Å². The Morgan fingerprint density at radius 3 is 2.10 bits per heavy atom. The van der Waals surface area contributed by atoms with Crippen LogP contribution < -0.4 is 9.62 Å². The zero-order valence-electron chi connectivity index (χ0n) is 21.2. The minimum absolute atomic E-state index is 0.0405. The molecule has 0 fully saturated rings. The van der Waals surface area contributed by atoms with Crippen LogP contribution in [0.1, 0.15) is 24.5 Å². The van der Waals surface area contributed by atoms with E-state index in [0.29, 0.717) is 15.9 Å². The van der Waals surface area contributed by atoms with Gasteiger partial charge in [-0.05, 0) is 42.3 Å². The highest BCUT2D eigenvalue weighted by atomic mass is 35.5. The van der Waals surface area contributed by atoms with Gasteiger partial charge in [-0.15, -0.1) is 0 Å². The second kappa shape index (κ2) is 12.5. The first kappa shape index (κ1) is 30.0. The third kappa shape index (κ3) is 7.10. The van der Waals surface area contributed by atoms with E-state index < -0.39 is 51.9 Å². The molecule has 7 nitrogen and oxygen atoms in total. The molecule has 0 saturated carbocycles. The molecule has 3 aromatic carbocycles. The normalized spacial score (nSPS) is 12.5. The number of alkyl halides is 3. The number of carbonyl (C=O) groups is 2. The van der Waals surface area contributed by atoms with Crippen LogP contribution in [0.3, 0.4) is 0 Å². The number of halogens is 4. The molecule has 0 radical (unpaired) electrons. The smallest absolute Gasteiger partial charge is 0.357 e. The molecule has 3 rings (SSSR count). The maximum atomic E-state index is 13.8. The SMILES string of the molecule is CCC(C(=O)NC)N(Cc1ccccc1)C(=O)CN(c1cc(C(F)(F)F)ccc1Cl)S(=O)(=O)c1ccccc1. The number of hydrogen-bond acceptors (Lipinski definition) is 4. The van der Waals surface area contributed by atoms with E-state index in [-0.39, 0.29) is 22.9 Å². The van der Waals surface area contributed by atoms with Crippen LogP contribution in [0.4, 0.5) is 18.9 Å². The summed E-state index contributed by atoms with van der Waals surface area (Å²) >= 11 is 6.23. The van der Waals surface area contributed by atoms with Gasteiger partial charge < -0.3 is 10.2 Å². The summed E-state index contributed by atoms with van der Waals surface area (Å²) in [6.07, 6.45) is -4.59. The predicted molar refractivity (Wildman–Crippen MR) is 143 cm³/mol. The summed E-state index contributed by atoms with van der Waals surface area (Å²) in [6, 6.07) is 17.0. The quantitative estimate of drug-likeness (QED) is 0.361. The fourth-order valence-corrected chi connectivity index (χ4v) is 5.69. The van der Waals surface area contributed by atoms with Crippen LogP contribution in [0.5, 0.6) is 0 Å². The Labute approximate surface area is 230 Å². The number of amides is 2. The number of benzene rings is 3. The van der Waals surface area contributed by atoms with Crippen LogP contribution in [0.25, 0.3) is 0 Å². The first-order valence-corrected chi connectivity index (χ1v) is 13.7. The number of hydrogen-bond donors (Lipinski definition) is 1. The molecule has 0 aromatic heterocycles. The van der Waals surface area contributed by atoms with Gasteiger partial charge in [-0.25, -0.2) is 8.42 Å². The second-order valence-electron chi connectivity index (χ2n) is 8.53. The van der Waals surface area contributed by atoms with Crippen LogP contribution in [-0.4, -0.2) is 44.8 Å². The van der Waals surface area contributed by atoms with Crippen molar-refractivity contribution in [2.75, 3.05) is 17.9 Å². The summed E-state index contributed by atoms with van der Waals surface area (Å²) in [5, 5.41) is 2.20. The molecule has 0 aliphatic rings. The molecule has 39 heavy (non-hydrogen) atoms. The lowest BCUT2D eigenvalue weighted by Crippen LogP contribution is -2.51. The van der Waals surface area contributed by atoms with Crippen molar-refractivity contribution in [1.82, 2.24) is 10.2 Å². The van der Waals surface area contributed by atoms with E-state index in [0.717, 1.165) is 12.1 Å². The predicted octanol–water partition coefficient (Wildman–Crippen LogP) is 5.11.